The number of ether oxygens (including phenoxy) is 1. The van der Waals surface area contributed by atoms with Crippen molar-refractivity contribution in [2.24, 2.45) is 0 Å². The number of thioether (sulfide) groups is 1. The molecule has 3 aromatic rings. The van der Waals surface area contributed by atoms with Crippen molar-refractivity contribution in [1.29, 1.82) is 0 Å². The maximum absolute atomic E-state index is 13.3. The van der Waals surface area contributed by atoms with Crippen molar-refractivity contribution in [2.45, 2.75) is 43.7 Å². The van der Waals surface area contributed by atoms with Gasteiger partial charge in [0.1, 0.15) is 6.61 Å². The van der Waals surface area contributed by atoms with Gasteiger partial charge in [-0.25, -0.2) is 4.98 Å². The summed E-state index contributed by atoms with van der Waals surface area (Å²) in [5.41, 5.74) is 3.92. The summed E-state index contributed by atoms with van der Waals surface area (Å²) in [5, 5.41) is 1.05. The topological polar surface area (TPSA) is 61.2 Å². The van der Waals surface area contributed by atoms with Crippen LogP contribution in [-0.4, -0.2) is 15.5 Å². The molecule has 2 aromatic heterocycles. The van der Waals surface area contributed by atoms with Gasteiger partial charge in [0.15, 0.2) is 0 Å². The summed E-state index contributed by atoms with van der Waals surface area (Å²) >= 11 is 1.43. The molecular weight excluding hydrogens is 461 g/mol. The molecule has 0 saturated heterocycles. The molecule has 5 rings (SSSR count). The summed E-state index contributed by atoms with van der Waals surface area (Å²) in [4.78, 5) is 31.7. The number of hydrogen-bond acceptors (Lipinski definition) is 5. The van der Waals surface area contributed by atoms with E-state index in [4.69, 9.17) is 9.72 Å². The van der Waals surface area contributed by atoms with Gasteiger partial charge in [0.2, 0.25) is 0 Å². The zero-order valence-corrected chi connectivity index (χ0v) is 20.0. The first-order valence-electron chi connectivity index (χ1n) is 9.28. The summed E-state index contributed by atoms with van der Waals surface area (Å²) in [6, 6.07) is 9.93. The Morgan fingerprint density at radius 2 is 2.03 bits per heavy atom. The Hall–Kier alpha value is -1.50. The quantitative estimate of drug-likeness (QED) is 0.246. The van der Waals surface area contributed by atoms with Gasteiger partial charge in [0.25, 0.3) is 5.56 Å². The number of rotatable bonds is 2. The molecule has 5 nitrogen and oxygen atoms in total. The van der Waals surface area contributed by atoms with E-state index in [1.54, 1.807) is 4.57 Å². The molecule has 2 aliphatic rings. The standard InChI is InChI=1S/C22H19N2O3S.Y/c1-4-22(2)15-9-17-18-13(10-24(17)20(25)14(15)11-27-21(22)26)19(28-3)12-7-5-6-8-16(12)23-18;/h5-9H,3-4,10-11H2,1-2H3;/q-1;/t22-;/m1./s1. The third-order valence-corrected chi connectivity index (χ3v) is 6.90. The van der Waals surface area contributed by atoms with E-state index in [0.717, 1.165) is 38.3 Å². The van der Waals surface area contributed by atoms with E-state index in [2.05, 4.69) is 6.26 Å². The average Bonchev–Trinajstić information content (AvgIpc) is 3.08. The predicted molar refractivity (Wildman–Crippen MR) is 109 cm³/mol. The minimum atomic E-state index is -0.814. The van der Waals surface area contributed by atoms with Crippen LogP contribution in [0.1, 0.15) is 37.0 Å². The van der Waals surface area contributed by atoms with Crippen LogP contribution in [0.5, 0.6) is 0 Å². The van der Waals surface area contributed by atoms with Crippen molar-refractivity contribution in [1.82, 2.24) is 9.55 Å². The number of hydrogen-bond donors (Lipinski definition) is 0. The van der Waals surface area contributed by atoms with Crippen molar-refractivity contribution in [3.63, 3.8) is 0 Å². The maximum atomic E-state index is 13.3. The molecule has 0 bridgehead atoms. The van der Waals surface area contributed by atoms with E-state index in [0.29, 0.717) is 18.5 Å². The monoisotopic (exact) mass is 480 g/mol. The predicted octanol–water partition coefficient (Wildman–Crippen LogP) is 4.03. The molecule has 1 radical (unpaired) electrons. The number of para-hydroxylation sites is 1. The molecule has 0 spiro atoms. The van der Waals surface area contributed by atoms with E-state index < -0.39 is 5.41 Å². The van der Waals surface area contributed by atoms with E-state index in [1.807, 2.05) is 44.2 Å². The number of cyclic esters (lactones) is 1. The molecule has 0 saturated carbocycles. The van der Waals surface area contributed by atoms with Crippen molar-refractivity contribution < 1.29 is 42.2 Å². The third-order valence-electron chi connectivity index (χ3n) is 6.14. The summed E-state index contributed by atoms with van der Waals surface area (Å²) in [6.45, 7) is 4.29. The molecule has 0 aliphatic carbocycles. The molecule has 2 aliphatic heterocycles. The second kappa shape index (κ2) is 7.33. The Bertz CT molecular complexity index is 1240. The zero-order valence-electron chi connectivity index (χ0n) is 16.3. The fourth-order valence-electron chi connectivity index (χ4n) is 4.32. The molecule has 0 unspecified atom stereocenters. The van der Waals surface area contributed by atoms with E-state index in [9.17, 15) is 9.59 Å². The molecule has 1 atom stereocenters. The Labute approximate surface area is 198 Å². The maximum Gasteiger partial charge on any atom is 0.316 e. The second-order valence-corrected chi connectivity index (χ2v) is 8.20. The van der Waals surface area contributed by atoms with Crippen molar-refractivity contribution >= 4 is 28.6 Å². The number of carbonyl (C=O) groups is 1. The number of benzene rings is 1. The minimum absolute atomic E-state index is 0. The smallest absolute Gasteiger partial charge is 0.316 e. The van der Waals surface area contributed by atoms with Crippen molar-refractivity contribution in [3.8, 4) is 11.4 Å². The van der Waals surface area contributed by atoms with Crippen LogP contribution in [0.4, 0.5) is 0 Å². The third kappa shape index (κ3) is 2.79. The molecule has 145 valence electrons. The van der Waals surface area contributed by atoms with Gasteiger partial charge in [-0.2, -0.15) is 0 Å². The summed E-state index contributed by atoms with van der Waals surface area (Å²) in [7, 11) is 0. The van der Waals surface area contributed by atoms with Gasteiger partial charge in [-0.15, -0.1) is 0 Å². The number of aromatic nitrogens is 2. The fourth-order valence-corrected chi connectivity index (χ4v) is 4.98. The molecule has 29 heavy (non-hydrogen) atoms. The summed E-state index contributed by atoms with van der Waals surface area (Å²) in [5.74, 6) is -0.273. The van der Waals surface area contributed by atoms with Crippen molar-refractivity contribution in [2.75, 3.05) is 0 Å². The van der Waals surface area contributed by atoms with Crippen molar-refractivity contribution in [3.05, 3.63) is 63.6 Å². The number of esters is 1. The average molecular weight is 480 g/mol. The zero-order chi connectivity index (χ0) is 19.6. The molecule has 4 heterocycles. The Balaban J connectivity index is 0.00000205. The Morgan fingerprint density at radius 3 is 2.76 bits per heavy atom. The van der Waals surface area contributed by atoms with Crippen LogP contribution in [0, 0.1) is 6.26 Å². The second-order valence-electron chi connectivity index (χ2n) is 7.50. The van der Waals surface area contributed by atoms with Gasteiger partial charge in [0.05, 0.1) is 34.4 Å². The normalized spacial score (nSPS) is 19.2. The minimum Gasteiger partial charge on any atom is -0.460 e. The van der Waals surface area contributed by atoms with Crippen LogP contribution in [-0.2, 0) is 60.8 Å². The van der Waals surface area contributed by atoms with Gasteiger partial charge >= 0.3 is 5.97 Å². The molecule has 1 aromatic carbocycles. The van der Waals surface area contributed by atoms with E-state index in [-0.39, 0.29) is 50.8 Å². The number of carbonyl (C=O) groups excluding carboxylic acids is 1. The van der Waals surface area contributed by atoms with Crippen LogP contribution >= 0.6 is 11.8 Å². The summed E-state index contributed by atoms with van der Waals surface area (Å²) in [6.07, 6.45) is 4.60. The van der Waals surface area contributed by atoms with E-state index >= 15 is 0 Å². The van der Waals surface area contributed by atoms with Crippen LogP contribution in [0.2, 0.25) is 0 Å². The molecule has 0 N–H and O–H groups in total. The first-order chi connectivity index (χ1) is 13.5. The van der Waals surface area contributed by atoms with E-state index in [1.165, 1.54) is 11.8 Å². The molecule has 0 fully saturated rings. The molecular formula is C22H19N2O3SY-. The van der Waals surface area contributed by atoms with Crippen LogP contribution < -0.4 is 5.56 Å². The Morgan fingerprint density at radius 1 is 1.28 bits per heavy atom. The van der Waals surface area contributed by atoms with Crippen LogP contribution in [0.25, 0.3) is 22.3 Å². The fraction of sp³-hybridized carbons (Fsp3) is 0.273. The van der Waals surface area contributed by atoms with Crippen LogP contribution in [0.3, 0.4) is 0 Å². The first-order valence-corrected chi connectivity index (χ1v) is 10.3. The number of fused-ring (bicyclic) bond motifs is 5. The number of pyridine rings is 2. The largest absolute Gasteiger partial charge is 0.460 e. The molecule has 7 heteroatoms. The first kappa shape index (κ1) is 20.8. The van der Waals surface area contributed by atoms with Gasteiger partial charge in [0, 0.05) is 43.7 Å². The van der Waals surface area contributed by atoms with Gasteiger partial charge in [-0.05, 0) is 35.9 Å². The van der Waals surface area contributed by atoms with Gasteiger partial charge in [-0.1, -0.05) is 25.1 Å². The number of nitrogens with zero attached hydrogens (tertiary/aromatic N) is 2. The van der Waals surface area contributed by atoms with Gasteiger partial charge < -0.3 is 21.1 Å². The van der Waals surface area contributed by atoms with Gasteiger partial charge in [-0.3, -0.25) is 15.8 Å². The van der Waals surface area contributed by atoms with Crippen LogP contribution in [0.15, 0.2) is 40.0 Å². The Kier molecular flexibility index (Phi) is 5.25. The molecule has 0 amide bonds. The SMILES string of the molecule is [CH2-]Sc1c2c(nc3ccccc13)-c1cc3c(c(=O)n1C2)COC(=O)[C@]3(C)CC.[Y]. The summed E-state index contributed by atoms with van der Waals surface area (Å²) < 4.78 is 7.11.